The minimum absolute atomic E-state index is 0.0932. The molecule has 0 atom stereocenters. The molecule has 0 amide bonds. The van der Waals surface area contributed by atoms with Crippen LogP contribution in [0.3, 0.4) is 0 Å². The van der Waals surface area contributed by atoms with Gasteiger partial charge in [0.15, 0.2) is 0 Å². The van der Waals surface area contributed by atoms with Crippen molar-refractivity contribution in [1.82, 2.24) is 4.98 Å². The Kier molecular flexibility index (Phi) is 5.11. The van der Waals surface area contributed by atoms with Crippen LogP contribution in [-0.2, 0) is 0 Å². The number of pyridine rings is 1. The molecule has 0 aliphatic heterocycles. The molecule has 6 nitrogen and oxygen atoms in total. The van der Waals surface area contributed by atoms with Gasteiger partial charge in [-0.1, -0.05) is 0 Å². The fourth-order valence-corrected chi connectivity index (χ4v) is 4.22. The van der Waals surface area contributed by atoms with Gasteiger partial charge >= 0.3 is 157 Å². The zero-order valence-electron chi connectivity index (χ0n) is 14.9. The fraction of sp³-hybridized carbons (Fsp3) is 0.211. The number of phenolic OH excluding ortho intramolecular Hbond substituents is 1. The quantitative estimate of drug-likeness (QED) is 0.620. The molecule has 0 radical (unpaired) electrons. The summed E-state index contributed by atoms with van der Waals surface area (Å²) >= 11 is 0.164. The Bertz CT molecular complexity index is 1000. The van der Waals surface area contributed by atoms with E-state index < -0.39 is 0 Å². The number of methoxy groups -OCH3 is 3. The number of hydrogen-bond donors (Lipinski definition) is 2. The third-order valence-corrected chi connectivity index (χ3v) is 5.71. The normalized spacial score (nSPS) is 10.8. The van der Waals surface area contributed by atoms with Crippen LogP contribution in [0, 0.1) is 0 Å². The minimum atomic E-state index is -0.311. The third kappa shape index (κ3) is 3.00. The van der Waals surface area contributed by atoms with E-state index >= 15 is 0 Å². The molecule has 0 aliphatic rings. The van der Waals surface area contributed by atoms with Crippen LogP contribution >= 0.6 is 0 Å². The Morgan fingerprint density at radius 3 is 2.35 bits per heavy atom. The number of ether oxygens (including phenoxy) is 3. The summed E-state index contributed by atoms with van der Waals surface area (Å²) in [6.07, 6.45) is 0. The molecule has 2 N–H and O–H groups in total. The first-order valence-corrected chi connectivity index (χ1v) is 10.3. The topological polar surface area (TPSA) is 80.8 Å². The van der Waals surface area contributed by atoms with Crippen LogP contribution < -0.4 is 24.2 Å². The van der Waals surface area contributed by atoms with Crippen molar-refractivity contribution in [3.05, 3.63) is 40.7 Å². The first-order valence-electron chi connectivity index (χ1n) is 7.77. The van der Waals surface area contributed by atoms with E-state index in [0.29, 0.717) is 33.7 Å². The molecular formula is C19H19NO5Se. The van der Waals surface area contributed by atoms with Gasteiger partial charge in [0.25, 0.3) is 0 Å². The maximum absolute atomic E-state index is 12.2. The Labute approximate surface area is 156 Å². The predicted molar refractivity (Wildman–Crippen MR) is 103 cm³/mol. The van der Waals surface area contributed by atoms with Crippen molar-refractivity contribution in [3.8, 4) is 34.1 Å². The SMILES string of the molecule is COc1cc(-c2cc(=O)[nH]c3c(O)c(OC)ccc23)cc([Se]C)c1OC. The molecule has 26 heavy (non-hydrogen) atoms. The molecule has 1 aromatic heterocycles. The number of hydrogen-bond acceptors (Lipinski definition) is 5. The zero-order valence-corrected chi connectivity index (χ0v) is 16.6. The van der Waals surface area contributed by atoms with Gasteiger partial charge in [-0.05, 0) is 0 Å². The van der Waals surface area contributed by atoms with E-state index in [-0.39, 0.29) is 26.3 Å². The van der Waals surface area contributed by atoms with E-state index in [2.05, 4.69) is 10.8 Å². The van der Waals surface area contributed by atoms with Gasteiger partial charge in [0.05, 0.1) is 0 Å². The molecule has 7 heteroatoms. The number of aromatic nitrogens is 1. The summed E-state index contributed by atoms with van der Waals surface area (Å²) in [7, 11) is 4.66. The Hall–Kier alpha value is -2.63. The second-order valence-corrected chi connectivity index (χ2v) is 7.28. The second-order valence-electron chi connectivity index (χ2n) is 5.50. The van der Waals surface area contributed by atoms with Gasteiger partial charge in [-0.25, -0.2) is 0 Å². The van der Waals surface area contributed by atoms with Crippen molar-refractivity contribution in [3.63, 3.8) is 0 Å². The average Bonchev–Trinajstić information content (AvgIpc) is 2.66. The fourth-order valence-electron chi connectivity index (χ4n) is 2.93. The van der Waals surface area contributed by atoms with Gasteiger partial charge < -0.3 is 0 Å². The first kappa shape index (κ1) is 18.2. The van der Waals surface area contributed by atoms with Crippen LogP contribution in [0.15, 0.2) is 35.1 Å². The van der Waals surface area contributed by atoms with Gasteiger partial charge in [0.2, 0.25) is 0 Å². The Morgan fingerprint density at radius 2 is 1.73 bits per heavy atom. The molecule has 0 fully saturated rings. The second kappa shape index (κ2) is 7.31. The number of rotatable bonds is 5. The van der Waals surface area contributed by atoms with Gasteiger partial charge in [0.1, 0.15) is 0 Å². The van der Waals surface area contributed by atoms with Crippen molar-refractivity contribution in [2.45, 2.75) is 5.82 Å². The predicted octanol–water partition coefficient (Wildman–Crippen LogP) is 2.30. The van der Waals surface area contributed by atoms with E-state index in [1.807, 2.05) is 18.2 Å². The number of aromatic hydroxyl groups is 1. The summed E-state index contributed by atoms with van der Waals surface area (Å²) in [6.45, 7) is 0. The molecule has 0 bridgehead atoms. The van der Waals surface area contributed by atoms with Crippen molar-refractivity contribution >= 4 is 30.3 Å². The monoisotopic (exact) mass is 421 g/mol. The van der Waals surface area contributed by atoms with E-state index in [9.17, 15) is 9.90 Å². The van der Waals surface area contributed by atoms with Crippen LogP contribution in [0.2, 0.25) is 5.82 Å². The standard InChI is InChI=1S/C19H19NO5Se/c1-23-13-6-5-11-12(9-16(21)20-17(11)18(13)22)10-7-14(24-2)19(25-3)15(8-10)26-4/h5-9,22H,1-4H3,(H,20,21). The van der Waals surface area contributed by atoms with Crippen LogP contribution in [0.4, 0.5) is 0 Å². The summed E-state index contributed by atoms with van der Waals surface area (Å²) in [6, 6.07) is 8.83. The van der Waals surface area contributed by atoms with E-state index in [1.165, 1.54) is 13.2 Å². The van der Waals surface area contributed by atoms with Crippen LogP contribution in [-0.4, -0.2) is 46.4 Å². The number of H-pyrrole nitrogens is 1. The van der Waals surface area contributed by atoms with Gasteiger partial charge in [-0.2, -0.15) is 0 Å². The number of nitrogens with one attached hydrogen (secondary N) is 1. The molecule has 3 aromatic rings. The number of benzene rings is 2. The average molecular weight is 420 g/mol. The molecule has 0 saturated carbocycles. The number of fused-ring (bicyclic) bond motifs is 1. The number of aromatic amines is 1. The van der Waals surface area contributed by atoms with Crippen LogP contribution in [0.25, 0.3) is 22.0 Å². The molecule has 2 aromatic carbocycles. The molecule has 0 saturated heterocycles. The molecule has 0 aliphatic carbocycles. The van der Waals surface area contributed by atoms with Gasteiger partial charge in [0, 0.05) is 0 Å². The molecule has 0 unspecified atom stereocenters. The summed E-state index contributed by atoms with van der Waals surface area (Å²) in [5, 5.41) is 11.1. The van der Waals surface area contributed by atoms with Crippen LogP contribution in [0.1, 0.15) is 0 Å². The van der Waals surface area contributed by atoms with E-state index in [4.69, 9.17) is 14.2 Å². The molecule has 136 valence electrons. The Morgan fingerprint density at radius 1 is 1.00 bits per heavy atom. The summed E-state index contributed by atoms with van der Waals surface area (Å²) < 4.78 is 17.1. The van der Waals surface area contributed by atoms with Crippen molar-refractivity contribution < 1.29 is 19.3 Å². The first-order chi connectivity index (χ1) is 12.5. The number of phenols is 1. The van der Waals surface area contributed by atoms with Crippen LogP contribution in [0.5, 0.6) is 23.0 Å². The van der Waals surface area contributed by atoms with E-state index in [1.54, 1.807) is 20.3 Å². The van der Waals surface area contributed by atoms with Crippen molar-refractivity contribution in [1.29, 1.82) is 0 Å². The van der Waals surface area contributed by atoms with Crippen molar-refractivity contribution in [2.24, 2.45) is 0 Å². The van der Waals surface area contributed by atoms with Gasteiger partial charge in [-0.15, -0.1) is 0 Å². The van der Waals surface area contributed by atoms with E-state index in [0.717, 1.165) is 10.0 Å². The molecular weight excluding hydrogens is 401 g/mol. The Balaban J connectivity index is 2.35. The molecule has 3 rings (SSSR count). The molecule has 1 heterocycles. The summed E-state index contributed by atoms with van der Waals surface area (Å²) in [5.74, 6) is 3.60. The summed E-state index contributed by atoms with van der Waals surface area (Å²) in [5.41, 5.74) is 1.55. The third-order valence-electron chi connectivity index (χ3n) is 4.15. The zero-order chi connectivity index (χ0) is 18.8. The van der Waals surface area contributed by atoms with Gasteiger partial charge in [-0.3, -0.25) is 0 Å². The summed E-state index contributed by atoms with van der Waals surface area (Å²) in [4.78, 5) is 14.9. The van der Waals surface area contributed by atoms with Crippen molar-refractivity contribution in [2.75, 3.05) is 21.3 Å². The molecule has 0 spiro atoms. The maximum atomic E-state index is 12.2.